The van der Waals surface area contributed by atoms with Crippen molar-refractivity contribution in [1.82, 2.24) is 0 Å². The lowest BCUT2D eigenvalue weighted by atomic mass is 9.66. The van der Waals surface area contributed by atoms with E-state index >= 15 is 0 Å². The highest BCUT2D eigenvalue weighted by Gasteiger charge is 2.49. The highest BCUT2D eigenvalue weighted by molar-refractivity contribution is 6.07. The van der Waals surface area contributed by atoms with E-state index in [-0.39, 0.29) is 5.41 Å². The molecule has 60 heavy (non-hydrogen) atoms. The van der Waals surface area contributed by atoms with E-state index in [0.717, 1.165) is 39.0 Å². The van der Waals surface area contributed by atoms with E-state index in [1.165, 1.54) is 77.9 Å². The number of hydrogen-bond acceptors (Lipinski definition) is 2. The second-order valence-electron chi connectivity index (χ2n) is 17.2. The SMILES string of the molecule is CC1(C)c2ccccc2-c2ccc(N(c3ccc4c(c3)-c3ccccc3-c3ccccc3C43c4ccccc4-c4ccccc43)c3ccc4oc5ccccc5c4c3)cc21. The molecule has 2 nitrogen and oxygen atoms in total. The van der Waals surface area contributed by atoms with Gasteiger partial charge in [0, 0.05) is 33.2 Å². The largest absolute Gasteiger partial charge is 0.456 e. The Morgan fingerprint density at radius 2 is 0.750 bits per heavy atom. The van der Waals surface area contributed by atoms with Crippen LogP contribution in [0.1, 0.15) is 47.2 Å². The average Bonchev–Trinajstić information content (AvgIpc) is 3.87. The lowest BCUT2D eigenvalue weighted by molar-refractivity contribution is 0.660. The summed E-state index contributed by atoms with van der Waals surface area (Å²) in [6.45, 7) is 4.73. The third-order valence-corrected chi connectivity index (χ3v) is 13.9. The van der Waals surface area contributed by atoms with E-state index in [9.17, 15) is 0 Å². The van der Waals surface area contributed by atoms with Crippen LogP contribution in [0, 0.1) is 0 Å². The van der Waals surface area contributed by atoms with Crippen LogP contribution in [0.2, 0.25) is 0 Å². The molecule has 0 atom stereocenters. The fourth-order valence-corrected chi connectivity index (χ4v) is 11.3. The zero-order chi connectivity index (χ0) is 39.7. The molecule has 0 bridgehead atoms. The van der Waals surface area contributed by atoms with Crippen molar-refractivity contribution in [2.75, 3.05) is 4.90 Å². The van der Waals surface area contributed by atoms with Gasteiger partial charge in [0.15, 0.2) is 0 Å². The summed E-state index contributed by atoms with van der Waals surface area (Å²) in [5, 5.41) is 2.23. The minimum absolute atomic E-state index is 0.146. The molecule has 282 valence electrons. The molecule has 9 aromatic carbocycles. The highest BCUT2D eigenvalue weighted by Crippen LogP contribution is 2.62. The van der Waals surface area contributed by atoms with Crippen LogP contribution in [0.25, 0.3) is 66.4 Å². The van der Waals surface area contributed by atoms with E-state index in [1.807, 2.05) is 6.07 Å². The van der Waals surface area contributed by atoms with Crippen molar-refractivity contribution in [1.29, 1.82) is 0 Å². The van der Waals surface area contributed by atoms with Crippen molar-refractivity contribution in [3.8, 4) is 44.5 Å². The first-order valence-electron chi connectivity index (χ1n) is 21.0. The summed E-state index contributed by atoms with van der Waals surface area (Å²) in [5.41, 5.74) is 22.6. The van der Waals surface area contributed by atoms with Gasteiger partial charge in [-0.05, 0) is 126 Å². The molecule has 3 aliphatic carbocycles. The maximum absolute atomic E-state index is 6.37. The number of furan rings is 1. The van der Waals surface area contributed by atoms with Crippen LogP contribution in [-0.4, -0.2) is 0 Å². The third kappa shape index (κ3) is 4.32. The van der Waals surface area contributed by atoms with Crippen LogP contribution in [0.15, 0.2) is 205 Å². The minimum Gasteiger partial charge on any atom is -0.456 e. The molecule has 0 radical (unpaired) electrons. The first-order chi connectivity index (χ1) is 29.5. The van der Waals surface area contributed by atoms with Gasteiger partial charge in [-0.15, -0.1) is 0 Å². The molecule has 0 fully saturated rings. The van der Waals surface area contributed by atoms with Gasteiger partial charge in [0.25, 0.3) is 0 Å². The van der Waals surface area contributed by atoms with Crippen molar-refractivity contribution < 1.29 is 4.42 Å². The molecule has 1 heterocycles. The number of fused-ring (bicyclic) bond motifs is 18. The second-order valence-corrected chi connectivity index (χ2v) is 17.2. The van der Waals surface area contributed by atoms with E-state index in [2.05, 4.69) is 213 Å². The van der Waals surface area contributed by atoms with Crippen molar-refractivity contribution in [3.63, 3.8) is 0 Å². The van der Waals surface area contributed by atoms with Gasteiger partial charge in [-0.25, -0.2) is 0 Å². The Hall–Kier alpha value is -7.42. The summed E-state index contributed by atoms with van der Waals surface area (Å²) in [7, 11) is 0. The Balaban J connectivity index is 1.11. The number of nitrogens with zero attached hydrogens (tertiary/aromatic N) is 1. The Morgan fingerprint density at radius 1 is 0.317 bits per heavy atom. The molecular weight excluding hydrogens is 727 g/mol. The molecule has 10 aromatic rings. The Morgan fingerprint density at radius 3 is 1.43 bits per heavy atom. The molecule has 0 saturated carbocycles. The molecule has 0 unspecified atom stereocenters. The van der Waals surface area contributed by atoms with Crippen molar-refractivity contribution in [2.45, 2.75) is 24.7 Å². The first kappa shape index (κ1) is 33.5. The quantitative estimate of drug-likeness (QED) is 0.178. The summed E-state index contributed by atoms with van der Waals surface area (Å²) in [6, 6.07) is 74.6. The second kappa shape index (κ2) is 12.1. The molecule has 2 heteroatoms. The Labute approximate surface area is 349 Å². The summed E-state index contributed by atoms with van der Waals surface area (Å²) < 4.78 is 6.37. The van der Waals surface area contributed by atoms with Gasteiger partial charge in [-0.3, -0.25) is 0 Å². The maximum Gasteiger partial charge on any atom is 0.135 e. The number of anilines is 3. The van der Waals surface area contributed by atoms with Gasteiger partial charge in [0.2, 0.25) is 0 Å². The lowest BCUT2D eigenvalue weighted by Gasteiger charge is -2.36. The number of hydrogen-bond donors (Lipinski definition) is 0. The van der Waals surface area contributed by atoms with E-state index in [1.54, 1.807) is 0 Å². The molecule has 1 spiro atoms. The molecular formula is C58H39NO. The fourth-order valence-electron chi connectivity index (χ4n) is 11.3. The van der Waals surface area contributed by atoms with Gasteiger partial charge in [-0.1, -0.05) is 166 Å². The molecule has 0 N–H and O–H groups in total. The topological polar surface area (TPSA) is 16.4 Å². The zero-order valence-corrected chi connectivity index (χ0v) is 33.4. The zero-order valence-electron chi connectivity index (χ0n) is 33.4. The number of benzene rings is 9. The minimum atomic E-state index is -0.528. The standard InChI is InChI=1S/C58H39NO/c1-57(2)49-22-10-5-18-42(49)45-30-27-38(35-54(45)57)59(37-29-32-56-48(34-37)46-21-9-14-26-55(46)60-56)36-28-31-53-47(33-36)40-16-4-3-15-39(40)41-17-6-11-23-50(41)58(53)51-24-12-7-19-43(51)44-20-8-13-25-52(44)58/h3-35H,1-2H3. The predicted octanol–water partition coefficient (Wildman–Crippen LogP) is 15.4. The van der Waals surface area contributed by atoms with E-state index in [4.69, 9.17) is 4.42 Å². The van der Waals surface area contributed by atoms with E-state index < -0.39 is 5.41 Å². The molecule has 0 saturated heterocycles. The monoisotopic (exact) mass is 765 g/mol. The number of para-hydroxylation sites is 1. The fraction of sp³-hybridized carbons (Fsp3) is 0.0690. The summed E-state index contributed by atoms with van der Waals surface area (Å²) >= 11 is 0. The first-order valence-corrected chi connectivity index (χ1v) is 21.0. The van der Waals surface area contributed by atoms with Gasteiger partial charge < -0.3 is 9.32 Å². The molecule has 0 amide bonds. The maximum atomic E-state index is 6.37. The van der Waals surface area contributed by atoms with Crippen LogP contribution in [-0.2, 0) is 10.8 Å². The average molecular weight is 766 g/mol. The van der Waals surface area contributed by atoms with Crippen LogP contribution < -0.4 is 4.90 Å². The summed E-state index contributed by atoms with van der Waals surface area (Å²) in [6.07, 6.45) is 0. The number of rotatable bonds is 3. The Bertz CT molecular complexity index is 3390. The van der Waals surface area contributed by atoms with Crippen LogP contribution >= 0.6 is 0 Å². The van der Waals surface area contributed by atoms with Crippen LogP contribution in [0.4, 0.5) is 17.1 Å². The van der Waals surface area contributed by atoms with Gasteiger partial charge in [0.1, 0.15) is 11.2 Å². The predicted molar refractivity (Wildman–Crippen MR) is 248 cm³/mol. The normalized spacial score (nSPS) is 14.4. The smallest absolute Gasteiger partial charge is 0.135 e. The summed E-state index contributed by atoms with van der Waals surface area (Å²) in [5.74, 6) is 0. The van der Waals surface area contributed by atoms with Gasteiger partial charge >= 0.3 is 0 Å². The van der Waals surface area contributed by atoms with Crippen molar-refractivity contribution in [3.05, 3.63) is 234 Å². The lowest BCUT2D eigenvalue weighted by Crippen LogP contribution is -2.29. The third-order valence-electron chi connectivity index (χ3n) is 13.9. The molecule has 1 aromatic heterocycles. The summed E-state index contributed by atoms with van der Waals surface area (Å²) in [4.78, 5) is 2.46. The highest BCUT2D eigenvalue weighted by atomic mass is 16.3. The van der Waals surface area contributed by atoms with E-state index in [0.29, 0.717) is 0 Å². The van der Waals surface area contributed by atoms with Crippen LogP contribution in [0.3, 0.4) is 0 Å². The van der Waals surface area contributed by atoms with Gasteiger partial charge in [0.05, 0.1) is 5.41 Å². The molecule has 3 aliphatic rings. The van der Waals surface area contributed by atoms with Crippen LogP contribution in [0.5, 0.6) is 0 Å². The molecule has 13 rings (SSSR count). The van der Waals surface area contributed by atoms with Gasteiger partial charge in [-0.2, -0.15) is 0 Å². The molecule has 0 aliphatic heterocycles. The van der Waals surface area contributed by atoms with Crippen molar-refractivity contribution >= 4 is 39.0 Å². The Kier molecular flexibility index (Phi) is 6.74. The van der Waals surface area contributed by atoms with Crippen molar-refractivity contribution in [2.24, 2.45) is 0 Å².